The molecule has 0 spiro atoms. The number of nitrogens with zero attached hydrogens (tertiary/aromatic N) is 3. The molecule has 0 saturated carbocycles. The number of pyridine rings is 1. The highest BCUT2D eigenvalue weighted by Gasteiger charge is 2.31. The highest BCUT2D eigenvalue weighted by atomic mass is 16.2. The molecule has 0 aliphatic carbocycles. The van der Waals surface area contributed by atoms with Gasteiger partial charge in [0.2, 0.25) is 11.8 Å². The van der Waals surface area contributed by atoms with Crippen LogP contribution in [0.1, 0.15) is 24.8 Å². The van der Waals surface area contributed by atoms with Gasteiger partial charge in [0.25, 0.3) is 5.91 Å². The van der Waals surface area contributed by atoms with E-state index in [4.69, 9.17) is 0 Å². The first-order chi connectivity index (χ1) is 11.6. The first-order valence-corrected chi connectivity index (χ1v) is 7.95. The molecule has 0 bridgehead atoms. The van der Waals surface area contributed by atoms with Crippen LogP contribution in [0.2, 0.25) is 0 Å². The SMILES string of the molecule is O=C1CC(C(=O)N2CCC(C(=O)NCc3cccnc3)CC2)=NN1. The van der Waals surface area contributed by atoms with Crippen LogP contribution in [0.4, 0.5) is 0 Å². The Balaban J connectivity index is 1.45. The standard InChI is InChI=1S/C16H19N5O3/c22-14-8-13(19-20-14)16(24)21-6-3-12(4-7-21)15(23)18-10-11-2-1-5-17-9-11/h1-2,5,9,12H,3-4,6-8,10H2,(H,18,23)(H,20,22). The number of hydrogen-bond donors (Lipinski definition) is 2. The molecule has 1 aromatic rings. The third-order valence-corrected chi connectivity index (χ3v) is 4.23. The Morgan fingerprint density at radius 2 is 2.12 bits per heavy atom. The van der Waals surface area contributed by atoms with Crippen molar-refractivity contribution in [2.75, 3.05) is 13.1 Å². The number of nitrogens with one attached hydrogen (secondary N) is 2. The fourth-order valence-corrected chi connectivity index (χ4v) is 2.85. The van der Waals surface area contributed by atoms with Crippen LogP contribution in [0.25, 0.3) is 0 Å². The summed E-state index contributed by atoms with van der Waals surface area (Å²) < 4.78 is 0. The quantitative estimate of drug-likeness (QED) is 0.799. The Hall–Kier alpha value is -2.77. The van der Waals surface area contributed by atoms with E-state index in [1.165, 1.54) is 0 Å². The third-order valence-electron chi connectivity index (χ3n) is 4.23. The van der Waals surface area contributed by atoms with E-state index in [-0.39, 0.29) is 35.8 Å². The van der Waals surface area contributed by atoms with Gasteiger partial charge in [-0.3, -0.25) is 19.4 Å². The zero-order valence-corrected chi connectivity index (χ0v) is 13.2. The average Bonchev–Trinajstić information content (AvgIpc) is 3.06. The van der Waals surface area contributed by atoms with Gasteiger partial charge in [0.05, 0.1) is 6.42 Å². The number of aromatic nitrogens is 1. The molecule has 126 valence electrons. The largest absolute Gasteiger partial charge is 0.352 e. The fourth-order valence-electron chi connectivity index (χ4n) is 2.85. The number of rotatable bonds is 4. The number of amides is 3. The van der Waals surface area contributed by atoms with Crippen LogP contribution in [0.5, 0.6) is 0 Å². The molecule has 0 unspecified atom stereocenters. The van der Waals surface area contributed by atoms with E-state index < -0.39 is 0 Å². The molecular weight excluding hydrogens is 310 g/mol. The topological polar surface area (TPSA) is 104 Å². The predicted molar refractivity (Wildman–Crippen MR) is 85.6 cm³/mol. The Kier molecular flexibility index (Phi) is 4.83. The molecule has 3 amide bonds. The summed E-state index contributed by atoms with van der Waals surface area (Å²) in [4.78, 5) is 41.2. The second-order valence-electron chi connectivity index (χ2n) is 5.92. The van der Waals surface area contributed by atoms with Gasteiger partial charge in [-0.15, -0.1) is 0 Å². The van der Waals surface area contributed by atoms with Crippen LogP contribution >= 0.6 is 0 Å². The molecule has 1 fully saturated rings. The van der Waals surface area contributed by atoms with Gasteiger partial charge in [0.15, 0.2) is 0 Å². The van der Waals surface area contributed by atoms with Crippen molar-refractivity contribution in [2.45, 2.75) is 25.8 Å². The zero-order valence-electron chi connectivity index (χ0n) is 13.2. The van der Waals surface area contributed by atoms with Gasteiger partial charge in [-0.05, 0) is 24.5 Å². The smallest absolute Gasteiger partial charge is 0.270 e. The molecular formula is C16H19N5O3. The Morgan fingerprint density at radius 3 is 2.75 bits per heavy atom. The molecule has 3 heterocycles. The van der Waals surface area contributed by atoms with Gasteiger partial charge in [0, 0.05) is 37.9 Å². The molecule has 8 heteroatoms. The van der Waals surface area contributed by atoms with Crippen molar-refractivity contribution in [3.05, 3.63) is 30.1 Å². The van der Waals surface area contributed by atoms with Crippen LogP contribution in [-0.2, 0) is 20.9 Å². The third kappa shape index (κ3) is 3.76. The molecule has 1 aromatic heterocycles. The molecule has 8 nitrogen and oxygen atoms in total. The first kappa shape index (κ1) is 16.1. The highest BCUT2D eigenvalue weighted by Crippen LogP contribution is 2.18. The van der Waals surface area contributed by atoms with Crippen molar-refractivity contribution in [3.63, 3.8) is 0 Å². The van der Waals surface area contributed by atoms with Crippen molar-refractivity contribution < 1.29 is 14.4 Å². The van der Waals surface area contributed by atoms with Gasteiger partial charge in [-0.2, -0.15) is 5.10 Å². The maximum absolute atomic E-state index is 12.2. The molecule has 2 aliphatic rings. The first-order valence-electron chi connectivity index (χ1n) is 7.95. The summed E-state index contributed by atoms with van der Waals surface area (Å²) in [7, 11) is 0. The predicted octanol–water partition coefficient (Wildman–Crippen LogP) is -0.188. The maximum Gasteiger partial charge on any atom is 0.270 e. The van der Waals surface area contributed by atoms with E-state index in [1.54, 1.807) is 17.3 Å². The Bertz CT molecular complexity index is 666. The van der Waals surface area contributed by atoms with Crippen LogP contribution in [0.3, 0.4) is 0 Å². The minimum Gasteiger partial charge on any atom is -0.352 e. The second kappa shape index (κ2) is 7.20. The van der Waals surface area contributed by atoms with Crippen molar-refractivity contribution >= 4 is 23.4 Å². The van der Waals surface area contributed by atoms with Crippen molar-refractivity contribution in [2.24, 2.45) is 11.0 Å². The lowest BCUT2D eigenvalue weighted by atomic mass is 9.95. The summed E-state index contributed by atoms with van der Waals surface area (Å²) in [5.41, 5.74) is 3.48. The monoisotopic (exact) mass is 329 g/mol. The Labute approximate surface area is 139 Å². The van der Waals surface area contributed by atoms with Gasteiger partial charge < -0.3 is 10.2 Å². The average molecular weight is 329 g/mol. The Morgan fingerprint density at radius 1 is 1.33 bits per heavy atom. The van der Waals surface area contributed by atoms with E-state index in [0.717, 1.165) is 5.56 Å². The van der Waals surface area contributed by atoms with E-state index in [0.29, 0.717) is 32.5 Å². The number of carbonyl (C=O) groups excluding carboxylic acids is 3. The highest BCUT2D eigenvalue weighted by molar-refractivity contribution is 6.43. The van der Waals surface area contributed by atoms with Crippen molar-refractivity contribution in [1.29, 1.82) is 0 Å². The summed E-state index contributed by atoms with van der Waals surface area (Å²) in [5.74, 6) is -0.581. The lowest BCUT2D eigenvalue weighted by Crippen LogP contribution is -2.45. The minimum absolute atomic E-state index is 0.000929. The minimum atomic E-state index is -0.261. The number of likely N-dealkylation sites (tertiary alicyclic amines) is 1. The van der Waals surface area contributed by atoms with Gasteiger partial charge >= 0.3 is 0 Å². The summed E-state index contributed by atoms with van der Waals surface area (Å²) in [5, 5.41) is 6.66. The van der Waals surface area contributed by atoms with E-state index in [2.05, 4.69) is 20.8 Å². The van der Waals surface area contributed by atoms with Gasteiger partial charge in [-0.1, -0.05) is 6.07 Å². The maximum atomic E-state index is 12.2. The summed E-state index contributed by atoms with van der Waals surface area (Å²) in [6.07, 6.45) is 4.66. The van der Waals surface area contributed by atoms with Gasteiger partial charge in [-0.25, -0.2) is 5.43 Å². The molecule has 1 saturated heterocycles. The summed E-state index contributed by atoms with van der Waals surface area (Å²) in [6, 6.07) is 3.74. The molecule has 2 aliphatic heterocycles. The van der Waals surface area contributed by atoms with Crippen molar-refractivity contribution in [1.82, 2.24) is 20.6 Å². The summed E-state index contributed by atoms with van der Waals surface area (Å²) in [6.45, 7) is 1.45. The van der Waals surface area contributed by atoms with Crippen LogP contribution in [0.15, 0.2) is 29.6 Å². The van der Waals surface area contributed by atoms with Gasteiger partial charge in [0.1, 0.15) is 5.71 Å². The molecule has 0 aromatic carbocycles. The molecule has 0 radical (unpaired) electrons. The van der Waals surface area contributed by atoms with E-state index in [1.807, 2.05) is 12.1 Å². The number of carbonyl (C=O) groups is 3. The summed E-state index contributed by atoms with van der Waals surface area (Å²) >= 11 is 0. The number of hydrogen-bond acceptors (Lipinski definition) is 5. The van der Waals surface area contributed by atoms with Crippen molar-refractivity contribution in [3.8, 4) is 0 Å². The molecule has 24 heavy (non-hydrogen) atoms. The second-order valence-corrected chi connectivity index (χ2v) is 5.92. The van der Waals surface area contributed by atoms with E-state index >= 15 is 0 Å². The van der Waals surface area contributed by atoms with Crippen LogP contribution in [0, 0.1) is 5.92 Å². The van der Waals surface area contributed by atoms with Crippen LogP contribution < -0.4 is 10.7 Å². The molecule has 0 atom stereocenters. The van der Waals surface area contributed by atoms with E-state index in [9.17, 15) is 14.4 Å². The lowest BCUT2D eigenvalue weighted by Gasteiger charge is -2.31. The molecule has 2 N–H and O–H groups in total. The van der Waals surface area contributed by atoms with Crippen LogP contribution in [-0.4, -0.2) is 46.4 Å². The fraction of sp³-hybridized carbons (Fsp3) is 0.438. The number of hydrazone groups is 1. The number of piperidine rings is 1. The molecule has 3 rings (SSSR count). The normalized spacial score (nSPS) is 18.1. The zero-order chi connectivity index (χ0) is 16.9. The lowest BCUT2D eigenvalue weighted by molar-refractivity contribution is -0.131.